The Kier molecular flexibility index (Phi) is 6.54. The zero-order chi connectivity index (χ0) is 21.1. The van der Waals surface area contributed by atoms with Gasteiger partial charge in [0.15, 0.2) is 0 Å². The zero-order valence-corrected chi connectivity index (χ0v) is 18.7. The summed E-state index contributed by atoms with van der Waals surface area (Å²) < 4.78 is 0. The van der Waals surface area contributed by atoms with E-state index < -0.39 is 0 Å². The first-order valence-corrected chi connectivity index (χ1v) is 11.7. The molecule has 0 saturated carbocycles. The molecule has 1 aliphatic carbocycles. The lowest BCUT2D eigenvalue weighted by molar-refractivity contribution is -0.126. The van der Waals surface area contributed by atoms with Crippen molar-refractivity contribution >= 4 is 23.2 Å². The fraction of sp³-hybridized carbons (Fsp3) is 0.500. The SMILES string of the molecule is CN(C)C(=O)c1cc2c(s1)CC[C@H](C(=O)NC1CCN(Cc3ccccc3)CC1)C2. The van der Waals surface area contributed by atoms with Gasteiger partial charge in [-0.05, 0) is 49.3 Å². The molecule has 1 aromatic carbocycles. The quantitative estimate of drug-likeness (QED) is 0.799. The first-order chi connectivity index (χ1) is 14.5. The van der Waals surface area contributed by atoms with Crippen molar-refractivity contribution in [3.63, 3.8) is 0 Å². The van der Waals surface area contributed by atoms with Crippen molar-refractivity contribution in [1.82, 2.24) is 15.1 Å². The molecule has 1 fully saturated rings. The molecule has 2 amide bonds. The Morgan fingerprint density at radius 1 is 1.13 bits per heavy atom. The summed E-state index contributed by atoms with van der Waals surface area (Å²) in [7, 11) is 3.56. The van der Waals surface area contributed by atoms with Crippen molar-refractivity contribution in [2.75, 3.05) is 27.2 Å². The minimum atomic E-state index is 0.0248. The van der Waals surface area contributed by atoms with Gasteiger partial charge >= 0.3 is 0 Å². The Morgan fingerprint density at radius 3 is 2.57 bits per heavy atom. The van der Waals surface area contributed by atoms with Gasteiger partial charge < -0.3 is 10.2 Å². The minimum Gasteiger partial charge on any atom is -0.353 e. The molecule has 2 aromatic rings. The summed E-state index contributed by atoms with van der Waals surface area (Å²) in [5.41, 5.74) is 2.54. The van der Waals surface area contributed by atoms with Gasteiger partial charge in [0.25, 0.3) is 5.91 Å². The third-order valence-corrected chi connectivity index (χ3v) is 7.48. The number of carbonyl (C=O) groups excluding carboxylic acids is 2. The Bertz CT molecular complexity index is 885. The summed E-state index contributed by atoms with van der Waals surface area (Å²) in [5, 5.41) is 3.31. The number of thiophene rings is 1. The smallest absolute Gasteiger partial charge is 0.263 e. The monoisotopic (exact) mass is 425 g/mol. The van der Waals surface area contributed by atoms with Crippen molar-refractivity contribution in [3.8, 4) is 0 Å². The summed E-state index contributed by atoms with van der Waals surface area (Å²) in [6, 6.07) is 12.9. The predicted octanol–water partition coefficient (Wildman–Crippen LogP) is 3.34. The highest BCUT2D eigenvalue weighted by Gasteiger charge is 2.29. The van der Waals surface area contributed by atoms with E-state index in [0.717, 1.165) is 56.6 Å². The van der Waals surface area contributed by atoms with Crippen LogP contribution in [0.2, 0.25) is 0 Å². The van der Waals surface area contributed by atoms with Crippen LogP contribution in [-0.4, -0.2) is 54.8 Å². The molecule has 1 saturated heterocycles. The molecule has 6 heteroatoms. The molecular weight excluding hydrogens is 394 g/mol. The lowest BCUT2D eigenvalue weighted by atomic mass is 9.87. The maximum Gasteiger partial charge on any atom is 0.263 e. The van der Waals surface area contributed by atoms with Crippen LogP contribution in [0.25, 0.3) is 0 Å². The van der Waals surface area contributed by atoms with Crippen LogP contribution in [0.1, 0.15) is 44.9 Å². The second kappa shape index (κ2) is 9.31. The van der Waals surface area contributed by atoms with Crippen LogP contribution in [0.3, 0.4) is 0 Å². The number of fused-ring (bicyclic) bond motifs is 1. The van der Waals surface area contributed by atoms with Crippen LogP contribution in [-0.2, 0) is 24.2 Å². The lowest BCUT2D eigenvalue weighted by Crippen LogP contribution is -2.46. The van der Waals surface area contributed by atoms with Crippen molar-refractivity contribution in [1.29, 1.82) is 0 Å². The van der Waals surface area contributed by atoms with Gasteiger partial charge in [-0.2, -0.15) is 0 Å². The number of benzene rings is 1. The average Bonchev–Trinajstić information content (AvgIpc) is 3.18. The molecule has 160 valence electrons. The highest BCUT2D eigenvalue weighted by molar-refractivity contribution is 7.14. The van der Waals surface area contributed by atoms with Crippen LogP contribution in [0.4, 0.5) is 0 Å². The maximum atomic E-state index is 12.9. The molecule has 1 aliphatic heterocycles. The molecule has 1 atom stereocenters. The fourth-order valence-electron chi connectivity index (χ4n) is 4.47. The van der Waals surface area contributed by atoms with E-state index in [9.17, 15) is 9.59 Å². The van der Waals surface area contributed by atoms with E-state index in [1.807, 2.05) is 6.07 Å². The number of nitrogens with one attached hydrogen (secondary N) is 1. The first kappa shape index (κ1) is 21.1. The number of aryl methyl sites for hydroxylation is 1. The van der Waals surface area contributed by atoms with E-state index in [1.165, 1.54) is 16.0 Å². The van der Waals surface area contributed by atoms with E-state index >= 15 is 0 Å². The number of nitrogens with zero attached hydrogens (tertiary/aromatic N) is 2. The fourth-order valence-corrected chi connectivity index (χ4v) is 5.70. The predicted molar refractivity (Wildman–Crippen MR) is 121 cm³/mol. The number of hydrogen-bond donors (Lipinski definition) is 1. The van der Waals surface area contributed by atoms with Gasteiger partial charge in [0, 0.05) is 50.6 Å². The van der Waals surface area contributed by atoms with E-state index in [0.29, 0.717) is 0 Å². The summed E-state index contributed by atoms with van der Waals surface area (Å²) in [6.45, 7) is 3.03. The summed E-state index contributed by atoms with van der Waals surface area (Å²) >= 11 is 1.59. The molecule has 0 unspecified atom stereocenters. The number of hydrogen-bond acceptors (Lipinski definition) is 4. The van der Waals surface area contributed by atoms with Crippen molar-refractivity contribution in [2.45, 2.75) is 44.7 Å². The highest BCUT2D eigenvalue weighted by Crippen LogP contribution is 2.33. The van der Waals surface area contributed by atoms with Crippen LogP contribution in [0, 0.1) is 5.92 Å². The van der Waals surface area contributed by atoms with E-state index in [1.54, 1.807) is 30.3 Å². The van der Waals surface area contributed by atoms with Crippen LogP contribution < -0.4 is 5.32 Å². The lowest BCUT2D eigenvalue weighted by Gasteiger charge is -2.33. The number of carbonyl (C=O) groups is 2. The van der Waals surface area contributed by atoms with Crippen molar-refractivity contribution < 1.29 is 9.59 Å². The third-order valence-electron chi connectivity index (χ3n) is 6.25. The van der Waals surface area contributed by atoms with Gasteiger partial charge in [-0.3, -0.25) is 14.5 Å². The Morgan fingerprint density at radius 2 is 1.87 bits per heavy atom. The van der Waals surface area contributed by atoms with Crippen LogP contribution in [0.15, 0.2) is 36.4 Å². The second-order valence-corrected chi connectivity index (χ2v) is 9.88. The average molecular weight is 426 g/mol. The number of amides is 2. The summed E-state index contributed by atoms with van der Waals surface area (Å²) in [6.07, 6.45) is 4.55. The van der Waals surface area contributed by atoms with Crippen LogP contribution >= 0.6 is 11.3 Å². The standard InChI is InChI=1S/C24H31N3O2S/c1-26(2)24(29)22-15-19-14-18(8-9-21(19)30-22)23(28)25-20-10-12-27(13-11-20)16-17-6-4-3-5-7-17/h3-7,15,18,20H,8-14,16H2,1-2H3,(H,25,28)/t18-/m0/s1. The topological polar surface area (TPSA) is 52.7 Å². The molecular formula is C24H31N3O2S. The largest absolute Gasteiger partial charge is 0.353 e. The third kappa shape index (κ3) is 4.93. The van der Waals surface area contributed by atoms with Gasteiger partial charge in [-0.1, -0.05) is 30.3 Å². The van der Waals surface area contributed by atoms with E-state index in [-0.39, 0.29) is 23.8 Å². The van der Waals surface area contributed by atoms with Crippen molar-refractivity contribution in [3.05, 3.63) is 57.3 Å². The van der Waals surface area contributed by atoms with Gasteiger partial charge in [0.05, 0.1) is 4.88 Å². The molecule has 0 bridgehead atoms. The highest BCUT2D eigenvalue weighted by atomic mass is 32.1. The number of rotatable bonds is 5. The van der Waals surface area contributed by atoms with Gasteiger partial charge in [-0.15, -0.1) is 11.3 Å². The number of piperidine rings is 1. The molecule has 0 radical (unpaired) electrons. The van der Waals surface area contributed by atoms with E-state index in [2.05, 4.69) is 40.5 Å². The Balaban J connectivity index is 1.27. The minimum absolute atomic E-state index is 0.0248. The Labute approximate surface area is 183 Å². The van der Waals surface area contributed by atoms with Crippen LogP contribution in [0.5, 0.6) is 0 Å². The second-order valence-electron chi connectivity index (χ2n) is 8.74. The maximum absolute atomic E-state index is 12.9. The van der Waals surface area contributed by atoms with E-state index in [4.69, 9.17) is 0 Å². The zero-order valence-electron chi connectivity index (χ0n) is 17.9. The molecule has 4 rings (SSSR count). The summed E-state index contributed by atoms with van der Waals surface area (Å²) in [4.78, 5) is 31.3. The molecule has 5 nitrogen and oxygen atoms in total. The van der Waals surface area contributed by atoms with Gasteiger partial charge in [0.1, 0.15) is 0 Å². The molecule has 30 heavy (non-hydrogen) atoms. The molecule has 1 N–H and O–H groups in total. The molecule has 2 aliphatic rings. The van der Waals surface area contributed by atoms with Crippen molar-refractivity contribution in [2.24, 2.45) is 5.92 Å². The normalized spacial score (nSPS) is 19.9. The first-order valence-electron chi connectivity index (χ1n) is 10.9. The van der Waals surface area contributed by atoms with Gasteiger partial charge in [-0.25, -0.2) is 0 Å². The number of likely N-dealkylation sites (tertiary alicyclic amines) is 1. The Hall–Kier alpha value is -2.18. The summed E-state index contributed by atoms with van der Waals surface area (Å²) in [5.74, 6) is 0.267. The molecule has 2 heterocycles. The molecule has 1 aromatic heterocycles. The van der Waals surface area contributed by atoms with Gasteiger partial charge in [0.2, 0.25) is 5.91 Å². The molecule has 0 spiro atoms.